The van der Waals surface area contributed by atoms with Crippen molar-refractivity contribution in [2.45, 2.75) is 93.3 Å². The van der Waals surface area contributed by atoms with Crippen molar-refractivity contribution in [1.29, 1.82) is 0 Å². The Balaban J connectivity index is 0.000000911. The van der Waals surface area contributed by atoms with Crippen LogP contribution in [0.4, 0.5) is 24.8 Å². The lowest BCUT2D eigenvalue weighted by molar-refractivity contribution is -0.134. The number of aryl methyl sites for hydroxylation is 3. The minimum atomic E-state index is -3.95. The van der Waals surface area contributed by atoms with E-state index in [1.54, 1.807) is 5.01 Å². The summed E-state index contributed by atoms with van der Waals surface area (Å²) in [5.74, 6) is 7.15. The lowest BCUT2D eigenvalue weighted by Crippen LogP contribution is -2.42. The number of benzene rings is 1. The zero-order valence-electron chi connectivity index (χ0n) is 20.8. The number of nitrogens with zero attached hydrogens (tertiary/aromatic N) is 3. The van der Waals surface area contributed by atoms with Gasteiger partial charge in [-0.2, -0.15) is 13.2 Å². The Hall–Kier alpha value is -2.35. The van der Waals surface area contributed by atoms with Gasteiger partial charge in [0.2, 0.25) is 0 Å². The fraction of sp³-hybridized carbons (Fsp3) is 0.583. The molecule has 2 rings (SSSR count). The first-order chi connectivity index (χ1) is 14.9. The van der Waals surface area contributed by atoms with Crippen molar-refractivity contribution >= 4 is 11.6 Å². The van der Waals surface area contributed by atoms with Crippen LogP contribution in [0, 0.1) is 20.8 Å². The predicted molar refractivity (Wildman–Crippen MR) is 129 cm³/mol. The van der Waals surface area contributed by atoms with Crippen molar-refractivity contribution in [3.05, 3.63) is 35.0 Å². The van der Waals surface area contributed by atoms with E-state index in [1.807, 2.05) is 20.8 Å². The summed E-state index contributed by atoms with van der Waals surface area (Å²) in [4.78, 5) is 9.24. The third kappa shape index (κ3) is 9.02. The molecule has 2 aromatic rings. The fourth-order valence-corrected chi connectivity index (χ4v) is 3.18. The highest BCUT2D eigenvalue weighted by Gasteiger charge is 2.24. The first-order valence-electron chi connectivity index (χ1n) is 11.3. The Morgan fingerprint density at radius 3 is 1.97 bits per heavy atom. The molecule has 0 amide bonds. The van der Waals surface area contributed by atoms with Gasteiger partial charge in [0, 0.05) is 18.0 Å². The number of alkyl halides is 3. The largest absolute Gasteiger partial charge is 0.389 e. The molecule has 5 nitrogen and oxygen atoms in total. The standard InChI is InChI=1S/C18H27N5.C4H7F3.C2H6/c1-6-14(7-2)23(20)18-17(19)22-16(13(5)21-18)15-9-8-11(3)10-12(15)4;1-2-3-4(5,6)7;1-2/h8-10,14H,6-7,20H2,1-5H3,(H2,19,22);2-3H2,1H3;1-2H3. The maximum atomic E-state index is 11.1. The average molecular weight is 456 g/mol. The van der Waals surface area contributed by atoms with Crippen LogP contribution in [0.15, 0.2) is 18.2 Å². The van der Waals surface area contributed by atoms with Crippen molar-refractivity contribution < 1.29 is 13.2 Å². The molecule has 0 radical (unpaired) electrons. The normalized spacial score (nSPS) is 10.8. The van der Waals surface area contributed by atoms with Gasteiger partial charge in [-0.15, -0.1) is 0 Å². The van der Waals surface area contributed by atoms with Crippen LogP contribution < -0.4 is 16.6 Å². The highest BCUT2D eigenvalue weighted by Crippen LogP contribution is 2.29. The zero-order valence-corrected chi connectivity index (χ0v) is 20.8. The fourth-order valence-electron chi connectivity index (χ4n) is 3.18. The van der Waals surface area contributed by atoms with Gasteiger partial charge in [-0.05, 0) is 45.6 Å². The molecule has 1 heterocycles. The molecule has 0 aliphatic carbocycles. The van der Waals surface area contributed by atoms with Gasteiger partial charge in [-0.1, -0.05) is 58.4 Å². The number of nitrogen functional groups attached to an aromatic ring is 1. The lowest BCUT2D eigenvalue weighted by atomic mass is 10.0. The highest BCUT2D eigenvalue weighted by molar-refractivity contribution is 5.71. The third-order valence-electron chi connectivity index (χ3n) is 4.83. The van der Waals surface area contributed by atoms with E-state index in [2.05, 4.69) is 55.9 Å². The zero-order chi connectivity index (χ0) is 25.1. The second kappa shape index (κ2) is 13.9. The maximum Gasteiger partial charge on any atom is 0.389 e. The number of rotatable bonds is 6. The van der Waals surface area contributed by atoms with E-state index in [0.717, 1.165) is 29.8 Å². The number of hydrogen-bond donors (Lipinski definition) is 2. The van der Waals surface area contributed by atoms with Crippen molar-refractivity contribution in [3.63, 3.8) is 0 Å². The van der Waals surface area contributed by atoms with Gasteiger partial charge in [0.25, 0.3) is 0 Å². The molecule has 0 aliphatic rings. The quantitative estimate of drug-likeness (QED) is 0.366. The Kier molecular flexibility index (Phi) is 12.9. The summed E-state index contributed by atoms with van der Waals surface area (Å²) in [5.41, 5.74) is 11.3. The molecule has 0 spiro atoms. The van der Waals surface area contributed by atoms with E-state index < -0.39 is 12.6 Å². The summed E-state index contributed by atoms with van der Waals surface area (Å²) in [6, 6.07) is 6.49. The van der Waals surface area contributed by atoms with E-state index in [-0.39, 0.29) is 12.5 Å². The first kappa shape index (κ1) is 29.7. The number of hydrogen-bond acceptors (Lipinski definition) is 5. The molecule has 0 aliphatic heterocycles. The molecule has 1 aromatic carbocycles. The van der Waals surface area contributed by atoms with Gasteiger partial charge in [0.05, 0.1) is 11.4 Å². The van der Waals surface area contributed by atoms with Crippen LogP contribution in [0.2, 0.25) is 0 Å². The van der Waals surface area contributed by atoms with Crippen LogP contribution in [-0.2, 0) is 0 Å². The number of halogens is 3. The predicted octanol–water partition coefficient (Wildman–Crippen LogP) is 6.89. The van der Waals surface area contributed by atoms with Crippen molar-refractivity contribution in [2.24, 2.45) is 5.84 Å². The Morgan fingerprint density at radius 2 is 1.56 bits per heavy atom. The van der Waals surface area contributed by atoms with Crippen LogP contribution in [0.5, 0.6) is 0 Å². The van der Waals surface area contributed by atoms with Gasteiger partial charge >= 0.3 is 6.18 Å². The topological polar surface area (TPSA) is 81.1 Å². The summed E-state index contributed by atoms with van der Waals surface area (Å²) in [7, 11) is 0. The third-order valence-corrected chi connectivity index (χ3v) is 4.83. The Bertz CT molecular complexity index is 818. The monoisotopic (exact) mass is 455 g/mol. The molecule has 0 fully saturated rings. The van der Waals surface area contributed by atoms with Crippen LogP contribution in [0.3, 0.4) is 0 Å². The highest BCUT2D eigenvalue weighted by atomic mass is 19.4. The molecule has 0 saturated carbocycles. The number of hydrazine groups is 1. The summed E-state index contributed by atoms with van der Waals surface area (Å²) in [6.07, 6.45) is -2.55. The van der Waals surface area contributed by atoms with Crippen LogP contribution in [0.25, 0.3) is 11.3 Å². The molecular weight excluding hydrogens is 415 g/mol. The SMILES string of the molecule is CC.CCC(CC)N(N)c1nc(C)c(-c2ccc(C)cc2C)nc1N.CCCC(F)(F)F. The van der Waals surface area contributed by atoms with Gasteiger partial charge < -0.3 is 5.73 Å². The number of aromatic nitrogens is 2. The van der Waals surface area contributed by atoms with Gasteiger partial charge in [-0.25, -0.2) is 15.8 Å². The van der Waals surface area contributed by atoms with Gasteiger partial charge in [-0.3, -0.25) is 5.01 Å². The Morgan fingerprint density at radius 1 is 1.00 bits per heavy atom. The van der Waals surface area contributed by atoms with Crippen molar-refractivity contribution in [2.75, 3.05) is 10.7 Å². The number of anilines is 2. The molecule has 1 aromatic heterocycles. The summed E-state index contributed by atoms with van der Waals surface area (Å²) < 4.78 is 33.2. The molecule has 32 heavy (non-hydrogen) atoms. The van der Waals surface area contributed by atoms with Gasteiger partial charge in [0.15, 0.2) is 11.6 Å². The second-order valence-electron chi connectivity index (χ2n) is 7.43. The van der Waals surface area contributed by atoms with Crippen LogP contribution in [0.1, 0.15) is 77.1 Å². The molecule has 8 heteroatoms. The maximum absolute atomic E-state index is 11.1. The van der Waals surface area contributed by atoms with E-state index in [1.165, 1.54) is 18.1 Å². The van der Waals surface area contributed by atoms with Crippen molar-refractivity contribution in [1.82, 2.24) is 9.97 Å². The smallest absolute Gasteiger partial charge is 0.381 e. The van der Waals surface area contributed by atoms with Crippen molar-refractivity contribution in [3.8, 4) is 11.3 Å². The summed E-state index contributed by atoms with van der Waals surface area (Å²) in [6.45, 7) is 15.8. The van der Waals surface area contributed by atoms with E-state index in [9.17, 15) is 13.2 Å². The lowest BCUT2D eigenvalue weighted by Gasteiger charge is -2.27. The van der Waals surface area contributed by atoms with E-state index in [4.69, 9.17) is 11.6 Å². The minimum Gasteiger partial charge on any atom is -0.381 e. The summed E-state index contributed by atoms with van der Waals surface area (Å²) >= 11 is 0. The molecule has 4 N–H and O–H groups in total. The van der Waals surface area contributed by atoms with Crippen LogP contribution >= 0.6 is 0 Å². The summed E-state index contributed by atoms with van der Waals surface area (Å²) in [5, 5.41) is 1.65. The Labute approximate surface area is 191 Å². The molecular formula is C24H40F3N5. The second-order valence-corrected chi connectivity index (χ2v) is 7.43. The minimum absolute atomic E-state index is 0.184. The molecule has 0 atom stereocenters. The van der Waals surface area contributed by atoms with E-state index >= 15 is 0 Å². The number of nitrogens with two attached hydrogens (primary N) is 2. The molecule has 0 saturated heterocycles. The van der Waals surface area contributed by atoms with E-state index in [0.29, 0.717) is 11.6 Å². The molecule has 182 valence electrons. The van der Waals surface area contributed by atoms with Gasteiger partial charge in [0.1, 0.15) is 0 Å². The van der Waals surface area contributed by atoms with Crippen LogP contribution in [-0.4, -0.2) is 22.2 Å². The molecule has 0 unspecified atom stereocenters. The first-order valence-corrected chi connectivity index (χ1v) is 11.3. The average Bonchev–Trinajstić information content (AvgIpc) is 2.71. The molecule has 0 bridgehead atoms.